The summed E-state index contributed by atoms with van der Waals surface area (Å²) in [7, 11) is 0. The first kappa shape index (κ1) is 23.3. The fourth-order valence-corrected chi connectivity index (χ4v) is 2.04. The molecule has 0 fully saturated rings. The van der Waals surface area contributed by atoms with Gasteiger partial charge in [-0.15, -0.1) is 0 Å². The summed E-state index contributed by atoms with van der Waals surface area (Å²) in [5, 5.41) is 17.7. The molecular weight excluding hydrogens is 242 g/mol. The third kappa shape index (κ3) is 8.04. The van der Waals surface area contributed by atoms with E-state index in [1.807, 2.05) is 13.8 Å². The zero-order valence-electron chi connectivity index (χ0n) is 13.6. The summed E-state index contributed by atoms with van der Waals surface area (Å²) in [6.45, 7) is 5.71. The predicted molar refractivity (Wildman–Crippen MR) is 58.8 cm³/mol. The molecule has 0 aliphatic carbocycles. The van der Waals surface area contributed by atoms with Gasteiger partial charge < -0.3 is 13.1 Å². The molecule has 2 N–H and O–H groups in total. The summed E-state index contributed by atoms with van der Waals surface area (Å²) in [5.74, 6) is -3.88. The van der Waals surface area contributed by atoms with Crippen LogP contribution >= 0.6 is 0 Å². The molecule has 0 amide bonds. The van der Waals surface area contributed by atoms with Crippen molar-refractivity contribution in [3.05, 3.63) is 0 Å². The molecule has 0 radical (unpaired) electrons. The maximum absolute atomic E-state index is 10.8. The Morgan fingerprint density at radius 1 is 1.18 bits per heavy atom. The van der Waals surface area contributed by atoms with Crippen molar-refractivity contribution in [2.24, 2.45) is 17.8 Å². The molecular formula is C11H22KLiO4. The minimum Gasteiger partial charge on any atom is -1.00 e. The monoisotopic (exact) mass is 264 g/mol. The van der Waals surface area contributed by atoms with Gasteiger partial charge >= 0.3 is 82.2 Å². The maximum atomic E-state index is 10.8. The van der Waals surface area contributed by atoms with Gasteiger partial charge in [-0.3, -0.25) is 9.59 Å². The minimum atomic E-state index is -1.28. The number of carboxylic acid groups (broad SMARTS) is 2. The van der Waals surface area contributed by atoms with E-state index in [1.54, 1.807) is 6.92 Å². The second-order valence-electron chi connectivity index (χ2n) is 3.97. The van der Waals surface area contributed by atoms with Gasteiger partial charge in [0.15, 0.2) is 5.92 Å². The van der Waals surface area contributed by atoms with Crippen molar-refractivity contribution < 1.29 is 92.9 Å². The number of hydrogen-bond acceptors (Lipinski definition) is 2. The van der Waals surface area contributed by atoms with E-state index in [0.29, 0.717) is 0 Å². The topological polar surface area (TPSA) is 74.6 Å². The minimum absolute atomic E-state index is 0. The molecule has 17 heavy (non-hydrogen) atoms. The van der Waals surface area contributed by atoms with Crippen molar-refractivity contribution in [3.63, 3.8) is 0 Å². The molecule has 0 aromatic rings. The first-order valence-electron chi connectivity index (χ1n) is 5.41. The van der Waals surface area contributed by atoms with Crippen LogP contribution in [0.1, 0.15) is 42.9 Å². The van der Waals surface area contributed by atoms with Crippen molar-refractivity contribution in [1.82, 2.24) is 0 Å². The molecule has 6 heteroatoms. The van der Waals surface area contributed by atoms with Crippen molar-refractivity contribution >= 4 is 11.9 Å². The van der Waals surface area contributed by atoms with Gasteiger partial charge in [-0.25, -0.2) is 0 Å². The van der Waals surface area contributed by atoms with Crippen LogP contribution in [0.25, 0.3) is 0 Å². The predicted octanol–water partition coefficient (Wildman–Crippen LogP) is -3.53. The number of rotatable bonds is 7. The van der Waals surface area contributed by atoms with Crippen LogP contribution in [0.5, 0.6) is 0 Å². The molecule has 0 aliphatic heterocycles. The van der Waals surface area contributed by atoms with Crippen molar-refractivity contribution in [2.75, 3.05) is 0 Å². The zero-order valence-corrected chi connectivity index (χ0v) is 14.7. The largest absolute Gasteiger partial charge is 1.00 e. The molecule has 92 valence electrons. The molecule has 0 heterocycles. The Bertz CT molecular complexity index is 231. The third-order valence-corrected chi connectivity index (χ3v) is 2.99. The van der Waals surface area contributed by atoms with Gasteiger partial charge in [0, 0.05) is 0 Å². The second-order valence-corrected chi connectivity index (χ2v) is 3.97. The quantitative estimate of drug-likeness (QED) is 0.369. The number of hydrogen-bond donors (Lipinski definition) is 2. The summed E-state index contributed by atoms with van der Waals surface area (Å²) in [6, 6.07) is 0. The Hall–Kier alpha value is 1.17. The van der Waals surface area contributed by atoms with Gasteiger partial charge in [0.1, 0.15) is 0 Å². The van der Waals surface area contributed by atoms with Crippen LogP contribution in [0.2, 0.25) is 0 Å². The summed E-state index contributed by atoms with van der Waals surface area (Å²) < 4.78 is 0. The van der Waals surface area contributed by atoms with E-state index in [0.717, 1.165) is 19.3 Å². The number of carboxylic acids is 2. The first-order chi connectivity index (χ1) is 6.95. The fraction of sp³-hybridized carbons (Fsp3) is 0.818. The Morgan fingerprint density at radius 2 is 1.59 bits per heavy atom. The molecule has 0 aromatic heterocycles. The van der Waals surface area contributed by atoms with E-state index >= 15 is 0 Å². The average molecular weight is 264 g/mol. The third-order valence-electron chi connectivity index (χ3n) is 2.99. The zero-order chi connectivity index (χ0) is 12.0. The van der Waals surface area contributed by atoms with Crippen LogP contribution in [-0.4, -0.2) is 22.2 Å². The van der Waals surface area contributed by atoms with E-state index in [4.69, 9.17) is 10.2 Å². The molecule has 0 saturated carbocycles. The molecule has 0 aliphatic rings. The van der Waals surface area contributed by atoms with Crippen molar-refractivity contribution in [3.8, 4) is 0 Å². The van der Waals surface area contributed by atoms with Crippen molar-refractivity contribution in [1.29, 1.82) is 0 Å². The molecule has 4 nitrogen and oxygen atoms in total. The Kier molecular flexibility index (Phi) is 16.7. The van der Waals surface area contributed by atoms with E-state index < -0.39 is 17.9 Å². The molecule has 2 unspecified atom stereocenters. The average Bonchev–Trinajstić information content (AvgIpc) is 2.12. The van der Waals surface area contributed by atoms with Gasteiger partial charge in [0.25, 0.3) is 0 Å². The fourth-order valence-electron chi connectivity index (χ4n) is 2.04. The number of aliphatic carboxylic acids is 2. The molecule has 0 aromatic carbocycles. The second kappa shape index (κ2) is 12.2. The van der Waals surface area contributed by atoms with Crippen LogP contribution in [0.3, 0.4) is 0 Å². The van der Waals surface area contributed by atoms with E-state index in [2.05, 4.69) is 0 Å². The van der Waals surface area contributed by atoms with Crippen LogP contribution in [0, 0.1) is 17.8 Å². The smallest absolute Gasteiger partial charge is 1.00 e. The molecule has 0 saturated heterocycles. The SMILES string of the molecule is CCCC(CC)C(C)C(C(=O)O)C(=O)O.[H-].[H-].[K+].[Li+]. The van der Waals surface area contributed by atoms with Gasteiger partial charge in [-0.2, -0.15) is 0 Å². The van der Waals surface area contributed by atoms with Crippen LogP contribution < -0.4 is 70.2 Å². The van der Waals surface area contributed by atoms with Gasteiger partial charge in [-0.05, 0) is 11.8 Å². The maximum Gasteiger partial charge on any atom is 1.00 e. The van der Waals surface area contributed by atoms with E-state index in [9.17, 15) is 9.59 Å². The van der Waals surface area contributed by atoms with Gasteiger partial charge in [0.2, 0.25) is 0 Å². The van der Waals surface area contributed by atoms with Gasteiger partial charge in [-0.1, -0.05) is 40.0 Å². The summed E-state index contributed by atoms with van der Waals surface area (Å²) in [6.07, 6.45) is 2.66. The first-order valence-corrected chi connectivity index (χ1v) is 5.41. The summed E-state index contributed by atoms with van der Waals surface area (Å²) in [4.78, 5) is 21.7. The normalized spacial score (nSPS) is 13.2. The number of carbonyl (C=O) groups is 2. The Balaban J connectivity index is -0.000000163. The molecule has 0 rings (SSSR count). The van der Waals surface area contributed by atoms with Crippen LogP contribution in [0.15, 0.2) is 0 Å². The summed E-state index contributed by atoms with van der Waals surface area (Å²) in [5.41, 5.74) is 0. The molecule has 0 bridgehead atoms. The van der Waals surface area contributed by atoms with Crippen LogP contribution in [0.4, 0.5) is 0 Å². The van der Waals surface area contributed by atoms with Crippen LogP contribution in [-0.2, 0) is 9.59 Å². The Morgan fingerprint density at radius 3 is 1.82 bits per heavy atom. The van der Waals surface area contributed by atoms with Gasteiger partial charge in [0.05, 0.1) is 0 Å². The van der Waals surface area contributed by atoms with Crippen molar-refractivity contribution in [2.45, 2.75) is 40.0 Å². The molecule has 2 atom stereocenters. The standard InChI is InChI=1S/C11H20O4.K.Li.2H/c1-4-6-8(5-2)7(3)9(10(12)13)11(14)15;;;;/h7-9H,4-6H2,1-3H3,(H,12,13)(H,14,15);;;;/q;2*+1;2*-1. The summed E-state index contributed by atoms with van der Waals surface area (Å²) >= 11 is 0. The van der Waals surface area contributed by atoms with E-state index in [1.165, 1.54) is 0 Å². The van der Waals surface area contributed by atoms with E-state index in [-0.39, 0.29) is 84.9 Å². The Labute approximate surface area is 160 Å². The molecule has 0 spiro atoms.